The highest BCUT2D eigenvalue weighted by Gasteiger charge is 2.17. The molecule has 2 amide bonds. The van der Waals surface area contributed by atoms with Gasteiger partial charge < -0.3 is 15.2 Å². The van der Waals surface area contributed by atoms with Gasteiger partial charge in [-0.3, -0.25) is 10.1 Å². The summed E-state index contributed by atoms with van der Waals surface area (Å²) in [7, 11) is 0. The van der Waals surface area contributed by atoms with Gasteiger partial charge in [0.05, 0.1) is 5.56 Å². The lowest BCUT2D eigenvalue weighted by Gasteiger charge is -2.19. The maximum absolute atomic E-state index is 12.2. The van der Waals surface area contributed by atoms with Crippen molar-refractivity contribution in [3.63, 3.8) is 0 Å². The molecule has 0 saturated heterocycles. The summed E-state index contributed by atoms with van der Waals surface area (Å²) in [5, 5.41) is 2.66. The smallest absolute Gasteiger partial charge is 0.414 e. The van der Waals surface area contributed by atoms with Crippen LogP contribution in [-0.4, -0.2) is 18.3 Å². The second kappa shape index (κ2) is 10.1. The summed E-state index contributed by atoms with van der Waals surface area (Å²) in [4.78, 5) is 23.7. The van der Waals surface area contributed by atoms with Crippen LogP contribution in [0.5, 0.6) is 5.75 Å². The van der Waals surface area contributed by atoms with Crippen molar-refractivity contribution in [1.82, 2.24) is 0 Å². The van der Waals surface area contributed by atoms with Crippen LogP contribution in [0, 0.1) is 6.92 Å². The number of nitrogens with one attached hydrogen (secondary N) is 1. The molecule has 1 atom stereocenters. The number of hydrogen-bond donors (Lipinski definition) is 2. The van der Waals surface area contributed by atoms with Gasteiger partial charge in [-0.1, -0.05) is 54.6 Å². The van der Waals surface area contributed by atoms with Crippen LogP contribution in [-0.2, 0) is 11.2 Å². The number of primary amides is 1. The Bertz CT molecular complexity index is 988. The third kappa shape index (κ3) is 5.85. The molecule has 0 spiro atoms. The first-order valence-corrected chi connectivity index (χ1v) is 9.50. The number of anilines is 1. The number of nitrogens with two attached hydrogens (primary N) is 1. The molecule has 6 heteroatoms. The Morgan fingerprint density at radius 1 is 0.900 bits per heavy atom. The second-order valence-corrected chi connectivity index (χ2v) is 6.59. The van der Waals surface area contributed by atoms with E-state index in [1.807, 2.05) is 42.5 Å². The normalized spacial score (nSPS) is 11.4. The molecule has 3 aromatic carbocycles. The summed E-state index contributed by atoms with van der Waals surface area (Å²) in [5.41, 5.74) is 8.48. The first kappa shape index (κ1) is 20.9. The Labute approximate surface area is 175 Å². The van der Waals surface area contributed by atoms with Crippen molar-refractivity contribution in [3.05, 3.63) is 102 Å². The molecule has 1 radical (unpaired) electrons. The van der Waals surface area contributed by atoms with Crippen molar-refractivity contribution in [2.45, 2.75) is 19.1 Å². The van der Waals surface area contributed by atoms with E-state index in [1.165, 1.54) is 11.6 Å². The van der Waals surface area contributed by atoms with E-state index in [4.69, 9.17) is 15.2 Å². The van der Waals surface area contributed by atoms with Crippen LogP contribution in [0.4, 0.5) is 10.5 Å². The molecular weight excluding hydrogens is 380 g/mol. The quantitative estimate of drug-likeness (QED) is 0.540. The average Bonchev–Trinajstić information content (AvgIpc) is 2.75. The molecule has 0 unspecified atom stereocenters. The molecular formula is C24H23N2O4. The summed E-state index contributed by atoms with van der Waals surface area (Å²) in [5.74, 6) is -0.398. The molecule has 0 aliphatic carbocycles. The maximum Gasteiger partial charge on any atom is 0.414 e. The Morgan fingerprint density at radius 2 is 1.53 bits per heavy atom. The van der Waals surface area contributed by atoms with Crippen molar-refractivity contribution >= 4 is 17.7 Å². The van der Waals surface area contributed by atoms with Crippen molar-refractivity contribution < 1.29 is 19.1 Å². The van der Waals surface area contributed by atoms with Crippen LogP contribution in [0.1, 0.15) is 27.9 Å². The van der Waals surface area contributed by atoms with E-state index in [2.05, 4.69) is 24.4 Å². The van der Waals surface area contributed by atoms with Crippen LogP contribution in [0.25, 0.3) is 0 Å². The molecule has 0 fully saturated rings. The number of carbonyl (C=O) groups is 2. The van der Waals surface area contributed by atoms with Crippen molar-refractivity contribution in [2.75, 3.05) is 5.32 Å². The molecule has 153 valence electrons. The fourth-order valence-corrected chi connectivity index (χ4v) is 2.86. The predicted molar refractivity (Wildman–Crippen MR) is 115 cm³/mol. The van der Waals surface area contributed by atoms with E-state index in [-0.39, 0.29) is 17.7 Å². The molecule has 0 bridgehead atoms. The number of carbonyl (C=O) groups excluding carboxylic acids is 2. The highest BCUT2D eigenvalue weighted by molar-refractivity contribution is 5.95. The molecule has 0 aliphatic heterocycles. The van der Waals surface area contributed by atoms with Gasteiger partial charge in [0.2, 0.25) is 6.29 Å². The van der Waals surface area contributed by atoms with Crippen LogP contribution in [0.3, 0.4) is 0 Å². The monoisotopic (exact) mass is 403 g/mol. The van der Waals surface area contributed by atoms with Gasteiger partial charge in [0, 0.05) is 12.1 Å². The van der Waals surface area contributed by atoms with Crippen molar-refractivity contribution in [3.8, 4) is 5.75 Å². The second-order valence-electron chi connectivity index (χ2n) is 6.59. The van der Waals surface area contributed by atoms with Crippen molar-refractivity contribution in [1.29, 1.82) is 0 Å². The van der Waals surface area contributed by atoms with E-state index in [0.717, 1.165) is 12.0 Å². The van der Waals surface area contributed by atoms with Gasteiger partial charge in [-0.2, -0.15) is 0 Å². The fourth-order valence-electron chi connectivity index (χ4n) is 2.86. The number of benzene rings is 3. The first-order valence-electron chi connectivity index (χ1n) is 9.50. The number of amides is 2. The number of hydrogen-bond acceptors (Lipinski definition) is 4. The minimum atomic E-state index is -0.970. The third-order valence-electron chi connectivity index (χ3n) is 4.34. The molecule has 6 nitrogen and oxygen atoms in total. The van der Waals surface area contributed by atoms with Gasteiger partial charge in [-0.15, -0.1) is 0 Å². The molecule has 3 aromatic rings. The maximum atomic E-state index is 12.2. The van der Waals surface area contributed by atoms with Crippen LogP contribution >= 0.6 is 0 Å². The minimum Gasteiger partial charge on any atom is -0.454 e. The molecule has 0 aliphatic rings. The predicted octanol–water partition coefficient (Wildman–Crippen LogP) is 4.55. The van der Waals surface area contributed by atoms with Gasteiger partial charge >= 0.3 is 6.09 Å². The van der Waals surface area contributed by atoms with Crippen LogP contribution in [0.2, 0.25) is 0 Å². The molecule has 0 aromatic heterocycles. The first-order chi connectivity index (χ1) is 14.5. The standard InChI is InChI=1S/C24H23N2O4/c1-2-22(29-21-11-7-6-10-20(21)23(25)27)30-24(28)26-19-14-12-18(13-15-19)16-17-8-4-3-5-9-17/h3-15,22H,1-2,16H2,(H2,25,27)(H,26,28)/t22-/m1/s1. The van der Waals surface area contributed by atoms with E-state index in [9.17, 15) is 9.59 Å². The lowest BCUT2D eigenvalue weighted by molar-refractivity contribution is -0.0243. The summed E-state index contributed by atoms with van der Waals surface area (Å²) in [6, 6.07) is 24.1. The molecule has 3 rings (SSSR count). The zero-order valence-corrected chi connectivity index (χ0v) is 16.4. The fraction of sp³-hybridized carbons (Fsp3) is 0.125. The molecule has 30 heavy (non-hydrogen) atoms. The third-order valence-corrected chi connectivity index (χ3v) is 4.34. The van der Waals surface area contributed by atoms with Gasteiger partial charge in [-0.25, -0.2) is 4.79 Å². The van der Waals surface area contributed by atoms with E-state index < -0.39 is 18.3 Å². The lowest BCUT2D eigenvalue weighted by atomic mass is 10.1. The Kier molecular flexibility index (Phi) is 7.05. The van der Waals surface area contributed by atoms with Crippen molar-refractivity contribution in [2.24, 2.45) is 5.73 Å². The van der Waals surface area contributed by atoms with Gasteiger partial charge in [0.15, 0.2) is 0 Å². The average molecular weight is 403 g/mol. The molecule has 0 heterocycles. The largest absolute Gasteiger partial charge is 0.454 e. The van der Waals surface area contributed by atoms with E-state index >= 15 is 0 Å². The Balaban J connectivity index is 1.57. The highest BCUT2D eigenvalue weighted by atomic mass is 16.7. The van der Waals surface area contributed by atoms with Gasteiger partial charge in [0.1, 0.15) is 5.75 Å². The van der Waals surface area contributed by atoms with Gasteiger partial charge in [0.25, 0.3) is 5.91 Å². The summed E-state index contributed by atoms with van der Waals surface area (Å²) in [6.45, 7) is 3.72. The summed E-state index contributed by atoms with van der Waals surface area (Å²) >= 11 is 0. The van der Waals surface area contributed by atoms with Crippen LogP contribution < -0.4 is 15.8 Å². The number of ether oxygens (including phenoxy) is 2. The number of rotatable bonds is 8. The number of para-hydroxylation sites is 1. The minimum absolute atomic E-state index is 0.149. The lowest BCUT2D eigenvalue weighted by Crippen LogP contribution is -2.27. The zero-order chi connectivity index (χ0) is 21.3. The highest BCUT2D eigenvalue weighted by Crippen LogP contribution is 2.20. The topological polar surface area (TPSA) is 90.7 Å². The summed E-state index contributed by atoms with van der Waals surface area (Å²) in [6.07, 6.45) is -0.697. The molecule has 3 N–H and O–H groups in total. The van der Waals surface area contributed by atoms with E-state index in [1.54, 1.807) is 18.2 Å². The zero-order valence-electron chi connectivity index (χ0n) is 16.4. The van der Waals surface area contributed by atoms with E-state index in [0.29, 0.717) is 5.69 Å². The van der Waals surface area contributed by atoms with Crippen LogP contribution in [0.15, 0.2) is 78.9 Å². The van der Waals surface area contributed by atoms with Gasteiger partial charge in [-0.05, 0) is 48.7 Å². The SMILES string of the molecule is [CH2]C[C@@H](OC(=O)Nc1ccc(Cc2ccccc2)cc1)Oc1ccccc1C(N)=O. The Morgan fingerprint density at radius 3 is 2.20 bits per heavy atom. The molecule has 0 saturated carbocycles. The Hall–Kier alpha value is -3.80. The summed E-state index contributed by atoms with van der Waals surface area (Å²) < 4.78 is 10.9.